The predicted molar refractivity (Wildman–Crippen MR) is 104 cm³/mol. The maximum Gasteiger partial charge on any atom is 0.252 e. The zero-order valence-electron chi connectivity index (χ0n) is 15.2. The van der Waals surface area contributed by atoms with Crippen molar-refractivity contribution < 1.29 is 9.32 Å². The minimum atomic E-state index is -0.0721. The van der Waals surface area contributed by atoms with Gasteiger partial charge in [0.05, 0.1) is 11.1 Å². The van der Waals surface area contributed by atoms with Crippen molar-refractivity contribution in [3.8, 4) is 23.1 Å². The molecule has 4 nitrogen and oxygen atoms in total. The standard InChI is InChI=1S/C23H20N2O2/c1-16-20(22(25-27-16)19-8-3-2-4-9-19)14-13-18-7-5-6-10-21(18)23(26)24-15-17-11-12-17/h2-10,17H,11-12,15H2,1H3,(H,24,26). The monoisotopic (exact) mass is 356 g/mol. The van der Waals surface area contributed by atoms with Crippen LogP contribution in [0.5, 0.6) is 0 Å². The number of carbonyl (C=O) groups is 1. The number of benzene rings is 2. The molecule has 27 heavy (non-hydrogen) atoms. The first kappa shape index (κ1) is 17.1. The van der Waals surface area contributed by atoms with Gasteiger partial charge < -0.3 is 9.84 Å². The van der Waals surface area contributed by atoms with Crippen molar-refractivity contribution in [3.05, 3.63) is 77.0 Å². The highest BCUT2D eigenvalue weighted by Crippen LogP contribution is 2.27. The Balaban J connectivity index is 1.64. The Morgan fingerprint density at radius 1 is 1.11 bits per heavy atom. The molecule has 1 saturated carbocycles. The molecule has 1 aromatic heterocycles. The molecule has 3 aromatic rings. The van der Waals surface area contributed by atoms with Gasteiger partial charge in [0.2, 0.25) is 0 Å². The fourth-order valence-electron chi connectivity index (χ4n) is 2.89. The van der Waals surface area contributed by atoms with E-state index in [0.29, 0.717) is 22.8 Å². The van der Waals surface area contributed by atoms with Crippen molar-refractivity contribution >= 4 is 5.91 Å². The summed E-state index contributed by atoms with van der Waals surface area (Å²) >= 11 is 0. The van der Waals surface area contributed by atoms with Crippen LogP contribution < -0.4 is 5.32 Å². The molecule has 0 atom stereocenters. The number of carbonyl (C=O) groups excluding carboxylic acids is 1. The lowest BCUT2D eigenvalue weighted by molar-refractivity contribution is 0.0951. The van der Waals surface area contributed by atoms with Crippen molar-refractivity contribution in [2.75, 3.05) is 6.54 Å². The Morgan fingerprint density at radius 3 is 2.63 bits per heavy atom. The van der Waals surface area contributed by atoms with E-state index in [1.165, 1.54) is 12.8 Å². The molecule has 1 amide bonds. The summed E-state index contributed by atoms with van der Waals surface area (Å²) in [6.45, 7) is 2.58. The lowest BCUT2D eigenvalue weighted by atomic mass is 10.0. The summed E-state index contributed by atoms with van der Waals surface area (Å²) in [6, 6.07) is 17.2. The fourth-order valence-corrected chi connectivity index (χ4v) is 2.89. The molecule has 2 aromatic carbocycles. The Kier molecular flexibility index (Phi) is 4.76. The quantitative estimate of drug-likeness (QED) is 0.713. The van der Waals surface area contributed by atoms with Gasteiger partial charge in [-0.2, -0.15) is 0 Å². The lowest BCUT2D eigenvalue weighted by Crippen LogP contribution is -2.26. The molecule has 1 N–H and O–H groups in total. The summed E-state index contributed by atoms with van der Waals surface area (Å²) in [5.41, 5.74) is 3.71. The van der Waals surface area contributed by atoms with Crippen LogP contribution in [0.25, 0.3) is 11.3 Å². The molecule has 1 aliphatic rings. The topological polar surface area (TPSA) is 55.1 Å². The van der Waals surface area contributed by atoms with E-state index in [1.807, 2.05) is 61.5 Å². The molecular weight excluding hydrogens is 336 g/mol. The zero-order valence-corrected chi connectivity index (χ0v) is 15.2. The fraction of sp³-hybridized carbons (Fsp3) is 0.217. The third-order valence-corrected chi connectivity index (χ3v) is 4.65. The zero-order chi connectivity index (χ0) is 18.6. The van der Waals surface area contributed by atoms with E-state index < -0.39 is 0 Å². The molecule has 1 fully saturated rings. The maximum absolute atomic E-state index is 12.5. The minimum absolute atomic E-state index is 0.0721. The van der Waals surface area contributed by atoms with Gasteiger partial charge in [-0.1, -0.05) is 59.5 Å². The highest BCUT2D eigenvalue weighted by Gasteiger charge is 2.22. The first-order chi connectivity index (χ1) is 13.2. The van der Waals surface area contributed by atoms with Gasteiger partial charge in [-0.3, -0.25) is 4.79 Å². The van der Waals surface area contributed by atoms with Crippen LogP contribution in [0.4, 0.5) is 0 Å². The lowest BCUT2D eigenvalue weighted by Gasteiger charge is -2.06. The number of aryl methyl sites for hydroxylation is 1. The SMILES string of the molecule is Cc1onc(-c2ccccc2)c1C#Cc1ccccc1C(=O)NCC1CC1. The second kappa shape index (κ2) is 7.51. The van der Waals surface area contributed by atoms with Crippen molar-refractivity contribution in [1.29, 1.82) is 0 Å². The van der Waals surface area contributed by atoms with Crippen LogP contribution in [0.3, 0.4) is 0 Å². The highest BCUT2D eigenvalue weighted by molar-refractivity contribution is 5.96. The second-order valence-electron chi connectivity index (χ2n) is 6.78. The Labute approximate surface area is 158 Å². The molecule has 1 aliphatic carbocycles. The molecule has 134 valence electrons. The van der Waals surface area contributed by atoms with Crippen LogP contribution in [0.2, 0.25) is 0 Å². The van der Waals surface area contributed by atoms with Crippen molar-refractivity contribution in [3.63, 3.8) is 0 Å². The van der Waals surface area contributed by atoms with Crippen molar-refractivity contribution in [1.82, 2.24) is 10.5 Å². The van der Waals surface area contributed by atoms with Crippen molar-refractivity contribution in [2.24, 2.45) is 5.92 Å². The average Bonchev–Trinajstić information content (AvgIpc) is 3.47. The number of nitrogens with one attached hydrogen (secondary N) is 1. The van der Waals surface area contributed by atoms with E-state index in [1.54, 1.807) is 0 Å². The molecular formula is C23H20N2O2. The summed E-state index contributed by atoms with van der Waals surface area (Å²) < 4.78 is 5.36. The Morgan fingerprint density at radius 2 is 1.85 bits per heavy atom. The molecule has 1 heterocycles. The molecule has 4 heteroatoms. The van der Waals surface area contributed by atoms with Gasteiger partial charge >= 0.3 is 0 Å². The van der Waals surface area contributed by atoms with Gasteiger partial charge in [-0.15, -0.1) is 0 Å². The Hall–Kier alpha value is -3.32. The highest BCUT2D eigenvalue weighted by atomic mass is 16.5. The van der Waals surface area contributed by atoms with Crippen LogP contribution in [0, 0.1) is 24.7 Å². The van der Waals surface area contributed by atoms with Gasteiger partial charge in [0, 0.05) is 17.7 Å². The number of rotatable bonds is 4. The normalized spacial score (nSPS) is 12.9. The van der Waals surface area contributed by atoms with Crippen LogP contribution in [0.1, 0.15) is 40.1 Å². The summed E-state index contributed by atoms with van der Waals surface area (Å²) in [6.07, 6.45) is 2.41. The van der Waals surface area contributed by atoms with E-state index >= 15 is 0 Å². The maximum atomic E-state index is 12.5. The molecule has 0 spiro atoms. The van der Waals surface area contributed by atoms with Gasteiger partial charge in [-0.05, 0) is 37.8 Å². The number of nitrogens with zero attached hydrogens (tertiary/aromatic N) is 1. The molecule has 0 aliphatic heterocycles. The van der Waals surface area contributed by atoms with E-state index in [4.69, 9.17) is 4.52 Å². The van der Waals surface area contributed by atoms with E-state index in [9.17, 15) is 4.79 Å². The van der Waals surface area contributed by atoms with E-state index in [0.717, 1.165) is 23.4 Å². The number of hydrogen-bond acceptors (Lipinski definition) is 3. The molecule has 4 rings (SSSR count). The smallest absolute Gasteiger partial charge is 0.252 e. The number of aromatic nitrogens is 1. The third kappa shape index (κ3) is 3.93. The summed E-state index contributed by atoms with van der Waals surface area (Å²) in [5.74, 6) is 7.53. The van der Waals surface area contributed by atoms with E-state index in [2.05, 4.69) is 22.3 Å². The largest absolute Gasteiger partial charge is 0.360 e. The minimum Gasteiger partial charge on any atom is -0.360 e. The van der Waals surface area contributed by atoms with Gasteiger partial charge in [0.1, 0.15) is 11.5 Å². The summed E-state index contributed by atoms with van der Waals surface area (Å²) in [4.78, 5) is 12.5. The molecule has 0 unspecified atom stereocenters. The number of amides is 1. The first-order valence-corrected chi connectivity index (χ1v) is 9.13. The van der Waals surface area contributed by atoms with E-state index in [-0.39, 0.29) is 5.91 Å². The van der Waals surface area contributed by atoms with Gasteiger partial charge in [0.25, 0.3) is 5.91 Å². The Bertz CT molecular complexity index is 1020. The second-order valence-corrected chi connectivity index (χ2v) is 6.78. The summed E-state index contributed by atoms with van der Waals surface area (Å²) in [5, 5.41) is 7.16. The number of hydrogen-bond donors (Lipinski definition) is 1. The molecule has 0 bridgehead atoms. The average molecular weight is 356 g/mol. The van der Waals surface area contributed by atoms with Crippen LogP contribution >= 0.6 is 0 Å². The van der Waals surface area contributed by atoms with Gasteiger partial charge in [0.15, 0.2) is 0 Å². The van der Waals surface area contributed by atoms with Gasteiger partial charge in [-0.25, -0.2) is 0 Å². The molecule has 0 radical (unpaired) electrons. The summed E-state index contributed by atoms with van der Waals surface area (Å²) in [7, 11) is 0. The first-order valence-electron chi connectivity index (χ1n) is 9.13. The predicted octanol–water partition coefficient (Wildman–Crippen LogP) is 4.19. The van der Waals surface area contributed by atoms with Crippen molar-refractivity contribution in [2.45, 2.75) is 19.8 Å². The third-order valence-electron chi connectivity index (χ3n) is 4.65. The van der Waals surface area contributed by atoms with Crippen LogP contribution in [-0.4, -0.2) is 17.6 Å². The van der Waals surface area contributed by atoms with Crippen LogP contribution in [-0.2, 0) is 0 Å². The van der Waals surface area contributed by atoms with Crippen LogP contribution in [0.15, 0.2) is 59.1 Å². The molecule has 0 saturated heterocycles.